The first-order chi connectivity index (χ1) is 8.30. The second-order valence-electron chi connectivity index (χ2n) is 4.21. The van der Waals surface area contributed by atoms with Crippen LogP contribution >= 0.6 is 23.4 Å². The molecule has 0 fully saturated rings. The van der Waals surface area contributed by atoms with Crippen molar-refractivity contribution < 1.29 is 4.74 Å². The van der Waals surface area contributed by atoms with Crippen molar-refractivity contribution in [2.45, 2.75) is 19.3 Å². The van der Waals surface area contributed by atoms with E-state index >= 15 is 0 Å². The van der Waals surface area contributed by atoms with Crippen molar-refractivity contribution in [2.24, 2.45) is 5.92 Å². The molecule has 0 amide bonds. The molecular formula is C14H21ClOS. The number of rotatable bonds is 8. The number of ether oxygens (including phenoxy) is 1. The van der Waals surface area contributed by atoms with Gasteiger partial charge in [0.25, 0.3) is 0 Å². The number of halogens is 1. The second kappa shape index (κ2) is 8.71. The molecule has 0 saturated carbocycles. The highest BCUT2D eigenvalue weighted by Gasteiger charge is 2.08. The highest BCUT2D eigenvalue weighted by molar-refractivity contribution is 7.98. The Bertz CT molecular complexity index is 317. The van der Waals surface area contributed by atoms with Crippen LogP contribution in [0.2, 0.25) is 0 Å². The monoisotopic (exact) mass is 272 g/mol. The van der Waals surface area contributed by atoms with Crippen LogP contribution in [0.1, 0.15) is 18.4 Å². The third-order valence-corrected chi connectivity index (χ3v) is 3.97. The number of hydrogen-bond donors (Lipinski definition) is 0. The van der Waals surface area contributed by atoms with Crippen LogP contribution in [0.15, 0.2) is 24.3 Å². The summed E-state index contributed by atoms with van der Waals surface area (Å²) >= 11 is 7.94. The lowest BCUT2D eigenvalue weighted by Gasteiger charge is -2.14. The van der Waals surface area contributed by atoms with Gasteiger partial charge in [-0.05, 0) is 54.9 Å². The molecule has 1 unspecified atom stereocenters. The maximum Gasteiger partial charge on any atom is 0.119 e. The SMILES string of the molecule is COc1cccc(CC(CCl)CCCSC)c1. The lowest BCUT2D eigenvalue weighted by molar-refractivity contribution is 0.413. The molecule has 0 saturated heterocycles. The molecule has 0 bridgehead atoms. The summed E-state index contributed by atoms with van der Waals surface area (Å²) in [6.07, 6.45) is 5.66. The fourth-order valence-electron chi connectivity index (χ4n) is 1.88. The standard InChI is InChI=1S/C14H21ClOS/c1-16-14-7-3-5-12(10-14)9-13(11-15)6-4-8-17-2/h3,5,7,10,13H,4,6,8-9,11H2,1-2H3. The first-order valence-corrected chi connectivity index (χ1v) is 7.90. The molecule has 0 N–H and O–H groups in total. The fraction of sp³-hybridized carbons (Fsp3) is 0.571. The predicted molar refractivity (Wildman–Crippen MR) is 78.5 cm³/mol. The van der Waals surface area contributed by atoms with Crippen LogP contribution in [0, 0.1) is 5.92 Å². The molecule has 1 rings (SSSR count). The van der Waals surface area contributed by atoms with Gasteiger partial charge in [-0.2, -0.15) is 11.8 Å². The summed E-state index contributed by atoms with van der Waals surface area (Å²) in [6, 6.07) is 8.28. The Balaban J connectivity index is 2.48. The molecule has 17 heavy (non-hydrogen) atoms. The summed E-state index contributed by atoms with van der Waals surface area (Å²) in [5.74, 6) is 3.48. The minimum Gasteiger partial charge on any atom is -0.497 e. The van der Waals surface area contributed by atoms with Crippen molar-refractivity contribution >= 4 is 23.4 Å². The first kappa shape index (κ1) is 14.7. The van der Waals surface area contributed by atoms with E-state index in [9.17, 15) is 0 Å². The molecule has 0 radical (unpaired) electrons. The van der Waals surface area contributed by atoms with Gasteiger partial charge in [0.15, 0.2) is 0 Å². The molecule has 0 heterocycles. The summed E-state index contributed by atoms with van der Waals surface area (Å²) in [7, 11) is 1.70. The van der Waals surface area contributed by atoms with Crippen molar-refractivity contribution in [3.63, 3.8) is 0 Å². The Morgan fingerprint density at radius 3 is 2.88 bits per heavy atom. The zero-order chi connectivity index (χ0) is 12.5. The van der Waals surface area contributed by atoms with Gasteiger partial charge in [-0.25, -0.2) is 0 Å². The van der Waals surface area contributed by atoms with Gasteiger partial charge < -0.3 is 4.74 Å². The van der Waals surface area contributed by atoms with E-state index in [0.29, 0.717) is 5.92 Å². The largest absolute Gasteiger partial charge is 0.497 e. The van der Waals surface area contributed by atoms with Crippen LogP contribution < -0.4 is 4.74 Å². The molecule has 0 aliphatic rings. The molecule has 0 spiro atoms. The molecule has 0 aromatic heterocycles. The van der Waals surface area contributed by atoms with E-state index in [-0.39, 0.29) is 0 Å². The lowest BCUT2D eigenvalue weighted by Crippen LogP contribution is -2.07. The van der Waals surface area contributed by atoms with Gasteiger partial charge in [-0.15, -0.1) is 11.6 Å². The molecule has 96 valence electrons. The Morgan fingerprint density at radius 2 is 2.24 bits per heavy atom. The van der Waals surface area contributed by atoms with Gasteiger partial charge in [0.2, 0.25) is 0 Å². The van der Waals surface area contributed by atoms with E-state index in [0.717, 1.165) is 18.1 Å². The second-order valence-corrected chi connectivity index (χ2v) is 5.51. The number of hydrogen-bond acceptors (Lipinski definition) is 2. The zero-order valence-corrected chi connectivity index (χ0v) is 12.2. The van der Waals surface area contributed by atoms with Crippen molar-refractivity contribution in [1.82, 2.24) is 0 Å². The zero-order valence-electron chi connectivity index (χ0n) is 10.6. The molecule has 1 atom stereocenters. The summed E-state index contributed by atoms with van der Waals surface area (Å²) in [5, 5.41) is 0. The van der Waals surface area contributed by atoms with Crippen LogP contribution in [0.4, 0.5) is 0 Å². The van der Waals surface area contributed by atoms with Crippen LogP contribution in [0.25, 0.3) is 0 Å². The molecule has 1 aromatic rings. The maximum absolute atomic E-state index is 6.03. The Kier molecular flexibility index (Phi) is 7.54. The highest BCUT2D eigenvalue weighted by Crippen LogP contribution is 2.20. The van der Waals surface area contributed by atoms with Gasteiger partial charge in [0.05, 0.1) is 7.11 Å². The minimum absolute atomic E-state index is 0.580. The highest BCUT2D eigenvalue weighted by atomic mass is 35.5. The van der Waals surface area contributed by atoms with Crippen LogP contribution in [-0.4, -0.2) is 25.0 Å². The number of thioether (sulfide) groups is 1. The van der Waals surface area contributed by atoms with Crippen molar-refractivity contribution in [1.29, 1.82) is 0 Å². The molecule has 3 heteroatoms. The topological polar surface area (TPSA) is 9.23 Å². The van der Waals surface area contributed by atoms with Crippen molar-refractivity contribution in [3.8, 4) is 5.75 Å². The van der Waals surface area contributed by atoms with E-state index in [1.165, 1.54) is 24.2 Å². The number of methoxy groups -OCH3 is 1. The van der Waals surface area contributed by atoms with Crippen LogP contribution in [-0.2, 0) is 6.42 Å². The van der Waals surface area contributed by atoms with Gasteiger partial charge in [0, 0.05) is 5.88 Å². The first-order valence-electron chi connectivity index (χ1n) is 5.98. The van der Waals surface area contributed by atoms with Gasteiger partial charge >= 0.3 is 0 Å². The van der Waals surface area contributed by atoms with Gasteiger partial charge in [0.1, 0.15) is 5.75 Å². The van der Waals surface area contributed by atoms with Crippen molar-refractivity contribution in [3.05, 3.63) is 29.8 Å². The minimum atomic E-state index is 0.580. The van der Waals surface area contributed by atoms with Crippen LogP contribution in [0.5, 0.6) is 5.75 Å². The van der Waals surface area contributed by atoms with E-state index in [1.807, 2.05) is 23.9 Å². The summed E-state index contributed by atoms with van der Waals surface area (Å²) < 4.78 is 5.23. The molecular weight excluding hydrogens is 252 g/mol. The van der Waals surface area contributed by atoms with E-state index < -0.39 is 0 Å². The fourth-order valence-corrected chi connectivity index (χ4v) is 2.60. The molecule has 0 aliphatic carbocycles. The quantitative estimate of drug-likeness (QED) is 0.517. The molecule has 0 aliphatic heterocycles. The normalized spacial score (nSPS) is 12.4. The van der Waals surface area contributed by atoms with E-state index in [4.69, 9.17) is 16.3 Å². The van der Waals surface area contributed by atoms with Crippen molar-refractivity contribution in [2.75, 3.05) is 25.0 Å². The van der Waals surface area contributed by atoms with Gasteiger partial charge in [-0.3, -0.25) is 0 Å². The third kappa shape index (κ3) is 5.69. The third-order valence-electron chi connectivity index (χ3n) is 2.84. The smallest absolute Gasteiger partial charge is 0.119 e. The van der Waals surface area contributed by atoms with Gasteiger partial charge in [-0.1, -0.05) is 12.1 Å². The number of benzene rings is 1. The summed E-state index contributed by atoms with van der Waals surface area (Å²) in [5.41, 5.74) is 1.32. The predicted octanol–water partition coefficient (Wildman–Crippen LogP) is 4.24. The molecule has 1 nitrogen and oxygen atoms in total. The van der Waals surface area contributed by atoms with E-state index in [1.54, 1.807) is 7.11 Å². The average molecular weight is 273 g/mol. The Morgan fingerprint density at radius 1 is 1.41 bits per heavy atom. The van der Waals surface area contributed by atoms with E-state index in [2.05, 4.69) is 18.4 Å². The lowest BCUT2D eigenvalue weighted by atomic mass is 9.97. The number of alkyl halides is 1. The maximum atomic E-state index is 6.03. The Labute approximate surface area is 114 Å². The van der Waals surface area contributed by atoms with Crippen LogP contribution in [0.3, 0.4) is 0 Å². The summed E-state index contributed by atoms with van der Waals surface area (Å²) in [4.78, 5) is 0. The average Bonchev–Trinajstić information content (AvgIpc) is 2.38. The molecule has 1 aromatic carbocycles. The Hall–Kier alpha value is -0.340. The summed E-state index contributed by atoms with van der Waals surface area (Å²) in [6.45, 7) is 0.